The zero-order valence-corrected chi connectivity index (χ0v) is 12.9. The summed E-state index contributed by atoms with van der Waals surface area (Å²) in [6, 6.07) is 0.540. The Bertz CT molecular complexity index is 256. The van der Waals surface area contributed by atoms with Crippen LogP contribution in [0.3, 0.4) is 0 Å². The van der Waals surface area contributed by atoms with Gasteiger partial charge in [0.2, 0.25) is 0 Å². The first-order valence-corrected chi connectivity index (χ1v) is 7.73. The quantitative estimate of drug-likeness (QED) is 0.664. The van der Waals surface area contributed by atoms with Gasteiger partial charge in [0.25, 0.3) is 0 Å². The largest absolute Gasteiger partial charge is 0.312 e. The van der Waals surface area contributed by atoms with E-state index >= 15 is 0 Å². The summed E-state index contributed by atoms with van der Waals surface area (Å²) in [4.78, 5) is 2.70. The fourth-order valence-corrected chi connectivity index (χ4v) is 3.11. The van der Waals surface area contributed by atoms with E-state index in [0.29, 0.717) is 6.04 Å². The third kappa shape index (κ3) is 3.58. The second-order valence-electron chi connectivity index (χ2n) is 5.82. The Labute approximate surface area is 114 Å². The third-order valence-electron chi connectivity index (χ3n) is 4.74. The van der Waals surface area contributed by atoms with Gasteiger partial charge in [-0.3, -0.25) is 4.90 Å². The zero-order valence-electron chi connectivity index (χ0n) is 12.9. The van der Waals surface area contributed by atoms with E-state index in [4.69, 9.17) is 0 Å². The van der Waals surface area contributed by atoms with Crippen LogP contribution in [0, 0.1) is 0 Å². The highest BCUT2D eigenvalue weighted by molar-refractivity contribution is 5.05. The minimum Gasteiger partial charge on any atom is -0.312 e. The Hall–Kier alpha value is -0.340. The van der Waals surface area contributed by atoms with E-state index in [1.807, 2.05) is 0 Å². The standard InChI is InChI=1S/C16H32N2/c1-6-14(4)13-15(17-8-3)16(5,7-2)18-11-9-10-12-18/h15,17H,4,6-13H2,1-3,5H3. The maximum Gasteiger partial charge on any atom is 0.0334 e. The lowest BCUT2D eigenvalue weighted by molar-refractivity contribution is 0.0845. The Morgan fingerprint density at radius 3 is 2.33 bits per heavy atom. The first-order valence-electron chi connectivity index (χ1n) is 7.73. The maximum atomic E-state index is 4.21. The van der Waals surface area contributed by atoms with E-state index in [2.05, 4.69) is 44.5 Å². The van der Waals surface area contributed by atoms with Gasteiger partial charge in [-0.05, 0) is 58.7 Å². The summed E-state index contributed by atoms with van der Waals surface area (Å²) < 4.78 is 0. The lowest BCUT2D eigenvalue weighted by atomic mass is 9.83. The first-order chi connectivity index (χ1) is 8.58. The van der Waals surface area contributed by atoms with Crippen molar-refractivity contribution in [3.05, 3.63) is 12.2 Å². The van der Waals surface area contributed by atoms with Crippen LogP contribution in [-0.2, 0) is 0 Å². The molecule has 0 bridgehead atoms. The summed E-state index contributed by atoms with van der Waals surface area (Å²) in [6.45, 7) is 17.0. The van der Waals surface area contributed by atoms with Crippen molar-refractivity contribution in [3.8, 4) is 0 Å². The molecule has 1 heterocycles. The molecule has 0 saturated carbocycles. The van der Waals surface area contributed by atoms with Gasteiger partial charge in [0.1, 0.15) is 0 Å². The minimum atomic E-state index is 0.282. The molecule has 0 aromatic heterocycles. The number of hydrogen-bond acceptors (Lipinski definition) is 2. The molecule has 1 fully saturated rings. The lowest BCUT2D eigenvalue weighted by Crippen LogP contribution is -2.58. The molecule has 0 amide bonds. The van der Waals surface area contributed by atoms with Gasteiger partial charge < -0.3 is 5.32 Å². The van der Waals surface area contributed by atoms with Crippen LogP contribution in [0.1, 0.15) is 59.8 Å². The van der Waals surface area contributed by atoms with Gasteiger partial charge in [-0.25, -0.2) is 0 Å². The fraction of sp³-hybridized carbons (Fsp3) is 0.875. The molecule has 2 heteroatoms. The highest BCUT2D eigenvalue weighted by Crippen LogP contribution is 2.31. The van der Waals surface area contributed by atoms with Gasteiger partial charge >= 0.3 is 0 Å². The Balaban J connectivity index is 2.80. The van der Waals surface area contributed by atoms with E-state index in [1.165, 1.54) is 37.9 Å². The van der Waals surface area contributed by atoms with Gasteiger partial charge in [-0.15, -0.1) is 0 Å². The van der Waals surface area contributed by atoms with Crippen LogP contribution in [0.4, 0.5) is 0 Å². The number of nitrogens with zero attached hydrogens (tertiary/aromatic N) is 1. The van der Waals surface area contributed by atoms with E-state index in [-0.39, 0.29) is 5.54 Å². The van der Waals surface area contributed by atoms with E-state index in [0.717, 1.165) is 19.4 Å². The Kier molecular flexibility index (Phi) is 6.37. The van der Waals surface area contributed by atoms with Crippen LogP contribution >= 0.6 is 0 Å². The van der Waals surface area contributed by atoms with Crippen molar-refractivity contribution in [2.75, 3.05) is 19.6 Å². The highest BCUT2D eigenvalue weighted by Gasteiger charge is 2.38. The summed E-state index contributed by atoms with van der Waals surface area (Å²) in [6.07, 6.45) is 6.15. The normalized spacial score (nSPS) is 21.8. The van der Waals surface area contributed by atoms with Crippen molar-refractivity contribution in [1.29, 1.82) is 0 Å². The van der Waals surface area contributed by atoms with Crippen molar-refractivity contribution in [3.63, 3.8) is 0 Å². The third-order valence-corrected chi connectivity index (χ3v) is 4.74. The molecule has 1 N–H and O–H groups in total. The molecule has 106 valence electrons. The van der Waals surface area contributed by atoms with Crippen molar-refractivity contribution in [2.45, 2.75) is 71.4 Å². The second kappa shape index (κ2) is 7.30. The van der Waals surface area contributed by atoms with Gasteiger partial charge in [0.05, 0.1) is 0 Å². The first kappa shape index (κ1) is 15.7. The smallest absolute Gasteiger partial charge is 0.0334 e. The summed E-state index contributed by atoms with van der Waals surface area (Å²) in [5, 5.41) is 3.71. The summed E-state index contributed by atoms with van der Waals surface area (Å²) in [7, 11) is 0. The average Bonchev–Trinajstić information content (AvgIpc) is 2.91. The van der Waals surface area contributed by atoms with Crippen molar-refractivity contribution in [1.82, 2.24) is 10.2 Å². The van der Waals surface area contributed by atoms with Gasteiger partial charge in [-0.1, -0.05) is 32.9 Å². The van der Waals surface area contributed by atoms with Gasteiger partial charge in [0, 0.05) is 11.6 Å². The molecule has 0 aromatic carbocycles. The van der Waals surface area contributed by atoms with Crippen LogP contribution in [0.5, 0.6) is 0 Å². The SMILES string of the molecule is C=C(CC)CC(NCC)C(C)(CC)N1CCCC1. The topological polar surface area (TPSA) is 15.3 Å². The molecular formula is C16H32N2. The molecule has 18 heavy (non-hydrogen) atoms. The Morgan fingerprint density at radius 1 is 1.28 bits per heavy atom. The number of nitrogens with one attached hydrogen (secondary N) is 1. The molecular weight excluding hydrogens is 220 g/mol. The molecule has 0 aromatic rings. The van der Waals surface area contributed by atoms with Crippen LogP contribution in [0.25, 0.3) is 0 Å². The van der Waals surface area contributed by atoms with Crippen LogP contribution in [0.2, 0.25) is 0 Å². The zero-order chi connectivity index (χ0) is 13.6. The van der Waals surface area contributed by atoms with Crippen LogP contribution < -0.4 is 5.32 Å². The van der Waals surface area contributed by atoms with Crippen LogP contribution in [0.15, 0.2) is 12.2 Å². The molecule has 1 rings (SSSR count). The molecule has 0 aliphatic carbocycles. The van der Waals surface area contributed by atoms with E-state index < -0.39 is 0 Å². The molecule has 2 unspecified atom stereocenters. The Morgan fingerprint density at radius 2 is 1.89 bits per heavy atom. The van der Waals surface area contributed by atoms with Crippen molar-refractivity contribution >= 4 is 0 Å². The summed E-state index contributed by atoms with van der Waals surface area (Å²) in [5.74, 6) is 0. The molecule has 0 spiro atoms. The highest BCUT2D eigenvalue weighted by atomic mass is 15.2. The molecule has 1 aliphatic heterocycles. The molecule has 1 aliphatic rings. The van der Waals surface area contributed by atoms with E-state index in [9.17, 15) is 0 Å². The van der Waals surface area contributed by atoms with Gasteiger partial charge in [0.15, 0.2) is 0 Å². The number of likely N-dealkylation sites (N-methyl/N-ethyl adjacent to an activating group) is 1. The van der Waals surface area contributed by atoms with E-state index in [1.54, 1.807) is 0 Å². The number of likely N-dealkylation sites (tertiary alicyclic amines) is 1. The second-order valence-corrected chi connectivity index (χ2v) is 5.82. The number of hydrogen-bond donors (Lipinski definition) is 1. The predicted molar refractivity (Wildman–Crippen MR) is 81.0 cm³/mol. The molecule has 1 saturated heterocycles. The number of rotatable bonds is 8. The summed E-state index contributed by atoms with van der Waals surface area (Å²) in [5.41, 5.74) is 1.66. The monoisotopic (exact) mass is 252 g/mol. The van der Waals surface area contributed by atoms with Crippen molar-refractivity contribution in [2.24, 2.45) is 0 Å². The predicted octanol–water partition coefficient (Wildman–Crippen LogP) is 3.59. The lowest BCUT2D eigenvalue weighted by Gasteiger charge is -2.45. The minimum absolute atomic E-state index is 0.282. The van der Waals surface area contributed by atoms with Gasteiger partial charge in [-0.2, -0.15) is 0 Å². The summed E-state index contributed by atoms with van der Waals surface area (Å²) >= 11 is 0. The maximum absolute atomic E-state index is 4.21. The molecule has 2 nitrogen and oxygen atoms in total. The molecule has 0 radical (unpaired) electrons. The molecule has 2 atom stereocenters. The van der Waals surface area contributed by atoms with Crippen LogP contribution in [-0.4, -0.2) is 36.1 Å². The van der Waals surface area contributed by atoms with Crippen molar-refractivity contribution < 1.29 is 0 Å². The fourth-order valence-electron chi connectivity index (χ4n) is 3.11. The average molecular weight is 252 g/mol.